The Morgan fingerprint density at radius 2 is 2.38 bits per heavy atom. The molecule has 0 radical (unpaired) electrons. The molecule has 0 aliphatic heterocycles. The van der Waals surface area contributed by atoms with Crippen molar-refractivity contribution in [1.82, 2.24) is 9.97 Å². The lowest BCUT2D eigenvalue weighted by molar-refractivity contribution is 1.30. The molecule has 0 aliphatic rings. The number of para-hydroxylation sites is 1. The van der Waals surface area contributed by atoms with Gasteiger partial charge in [-0.1, -0.05) is 12.1 Å². The molecule has 4 nitrogen and oxygen atoms in total. The van der Waals surface area contributed by atoms with E-state index in [0.717, 1.165) is 16.6 Å². The SMILES string of the molecule is Cc1cccc2[nH]c(NC#N)nc12. The fourth-order valence-corrected chi connectivity index (χ4v) is 1.29. The van der Waals surface area contributed by atoms with Gasteiger partial charge in [-0.05, 0) is 18.6 Å². The van der Waals surface area contributed by atoms with E-state index in [1.807, 2.05) is 31.3 Å². The van der Waals surface area contributed by atoms with E-state index in [1.165, 1.54) is 0 Å². The van der Waals surface area contributed by atoms with Crippen LogP contribution in [0.15, 0.2) is 18.2 Å². The van der Waals surface area contributed by atoms with Gasteiger partial charge in [-0.15, -0.1) is 0 Å². The van der Waals surface area contributed by atoms with Crippen LogP contribution in [0.25, 0.3) is 11.0 Å². The molecule has 0 fully saturated rings. The first-order chi connectivity index (χ1) is 6.31. The maximum Gasteiger partial charge on any atom is 0.214 e. The highest BCUT2D eigenvalue weighted by Gasteiger charge is 2.02. The molecule has 2 aromatic rings. The summed E-state index contributed by atoms with van der Waals surface area (Å²) in [6.45, 7) is 1.99. The standard InChI is InChI=1S/C9H8N4/c1-6-3-2-4-7-8(6)13-9(12-7)11-5-10/h2-4H,1H3,(H2,11,12,13). The molecule has 0 spiro atoms. The van der Waals surface area contributed by atoms with Crippen molar-refractivity contribution in [1.29, 1.82) is 5.26 Å². The number of aromatic amines is 1. The van der Waals surface area contributed by atoms with E-state index in [0.29, 0.717) is 5.95 Å². The van der Waals surface area contributed by atoms with E-state index in [9.17, 15) is 0 Å². The number of rotatable bonds is 1. The van der Waals surface area contributed by atoms with Crippen LogP contribution in [0, 0.1) is 18.4 Å². The van der Waals surface area contributed by atoms with E-state index in [-0.39, 0.29) is 0 Å². The number of aryl methyl sites for hydroxylation is 1. The highest BCUT2D eigenvalue weighted by molar-refractivity contribution is 5.80. The summed E-state index contributed by atoms with van der Waals surface area (Å²) in [4.78, 5) is 7.21. The van der Waals surface area contributed by atoms with Crippen LogP contribution in [-0.4, -0.2) is 9.97 Å². The van der Waals surface area contributed by atoms with Crippen molar-refractivity contribution < 1.29 is 0 Å². The highest BCUT2D eigenvalue weighted by atomic mass is 15.1. The molecule has 2 N–H and O–H groups in total. The maximum absolute atomic E-state index is 8.39. The molecule has 0 saturated heterocycles. The summed E-state index contributed by atoms with van der Waals surface area (Å²) < 4.78 is 0. The van der Waals surface area contributed by atoms with Gasteiger partial charge in [0.2, 0.25) is 5.95 Å². The predicted molar refractivity (Wildman–Crippen MR) is 50.1 cm³/mol. The van der Waals surface area contributed by atoms with Crippen molar-refractivity contribution in [3.63, 3.8) is 0 Å². The summed E-state index contributed by atoms with van der Waals surface area (Å²) in [5.74, 6) is 0.492. The third-order valence-corrected chi connectivity index (χ3v) is 1.89. The second-order valence-corrected chi connectivity index (χ2v) is 2.79. The van der Waals surface area contributed by atoms with E-state index < -0.39 is 0 Å². The van der Waals surface area contributed by atoms with Crippen LogP contribution in [0.2, 0.25) is 0 Å². The van der Waals surface area contributed by atoms with Crippen molar-refractivity contribution in [2.24, 2.45) is 0 Å². The molecule has 0 atom stereocenters. The Hall–Kier alpha value is -2.02. The summed E-state index contributed by atoms with van der Waals surface area (Å²) in [5, 5.41) is 10.9. The quantitative estimate of drug-likeness (QED) is 0.509. The van der Waals surface area contributed by atoms with Crippen molar-refractivity contribution >= 4 is 17.0 Å². The Kier molecular flexibility index (Phi) is 1.64. The number of aromatic nitrogens is 2. The van der Waals surface area contributed by atoms with Crippen LogP contribution < -0.4 is 5.32 Å². The molecule has 0 unspecified atom stereocenters. The number of nitrogens with zero attached hydrogens (tertiary/aromatic N) is 2. The first-order valence-electron chi connectivity index (χ1n) is 3.91. The molecule has 1 heterocycles. The molecular weight excluding hydrogens is 164 g/mol. The molecule has 2 rings (SSSR count). The van der Waals surface area contributed by atoms with Crippen LogP contribution >= 0.6 is 0 Å². The normalized spacial score (nSPS) is 9.85. The fourth-order valence-electron chi connectivity index (χ4n) is 1.29. The van der Waals surface area contributed by atoms with Gasteiger partial charge in [0.15, 0.2) is 6.19 Å². The molecular formula is C9H8N4. The van der Waals surface area contributed by atoms with Crippen LogP contribution in [0.5, 0.6) is 0 Å². The van der Waals surface area contributed by atoms with Gasteiger partial charge in [0, 0.05) is 0 Å². The molecule has 0 aliphatic carbocycles. The third-order valence-electron chi connectivity index (χ3n) is 1.89. The summed E-state index contributed by atoms with van der Waals surface area (Å²) in [6.07, 6.45) is 1.82. The Morgan fingerprint density at radius 3 is 3.08 bits per heavy atom. The highest BCUT2D eigenvalue weighted by Crippen LogP contribution is 2.17. The Bertz CT molecular complexity index is 478. The lowest BCUT2D eigenvalue weighted by atomic mass is 10.2. The molecule has 1 aromatic heterocycles. The monoisotopic (exact) mass is 172 g/mol. The number of hydrogen-bond donors (Lipinski definition) is 2. The number of fused-ring (bicyclic) bond motifs is 1. The minimum absolute atomic E-state index is 0.492. The van der Waals surface area contributed by atoms with Gasteiger partial charge >= 0.3 is 0 Å². The van der Waals surface area contributed by atoms with E-state index in [2.05, 4.69) is 15.3 Å². The van der Waals surface area contributed by atoms with Crippen LogP contribution in [0.3, 0.4) is 0 Å². The van der Waals surface area contributed by atoms with Crippen molar-refractivity contribution in [2.45, 2.75) is 6.92 Å². The van der Waals surface area contributed by atoms with Gasteiger partial charge in [-0.25, -0.2) is 4.98 Å². The summed E-state index contributed by atoms with van der Waals surface area (Å²) >= 11 is 0. The third kappa shape index (κ3) is 1.20. The minimum Gasteiger partial charge on any atom is -0.323 e. The van der Waals surface area contributed by atoms with Crippen molar-refractivity contribution in [3.05, 3.63) is 23.8 Å². The summed E-state index contributed by atoms with van der Waals surface area (Å²) in [7, 11) is 0. The molecule has 13 heavy (non-hydrogen) atoms. The number of nitrogens with one attached hydrogen (secondary N) is 2. The number of benzene rings is 1. The molecule has 1 aromatic carbocycles. The van der Waals surface area contributed by atoms with E-state index in [1.54, 1.807) is 0 Å². The summed E-state index contributed by atoms with van der Waals surface area (Å²) in [6, 6.07) is 5.86. The zero-order valence-electron chi connectivity index (χ0n) is 7.13. The second-order valence-electron chi connectivity index (χ2n) is 2.79. The van der Waals surface area contributed by atoms with Crippen molar-refractivity contribution in [3.8, 4) is 6.19 Å². The first kappa shape index (κ1) is 7.62. The Labute approximate surface area is 75.2 Å². The molecule has 0 amide bonds. The first-order valence-corrected chi connectivity index (χ1v) is 3.91. The summed E-state index contributed by atoms with van der Waals surface area (Å²) in [5.41, 5.74) is 2.94. The number of hydrogen-bond acceptors (Lipinski definition) is 3. The van der Waals surface area contributed by atoms with E-state index >= 15 is 0 Å². The lowest BCUT2D eigenvalue weighted by Crippen LogP contribution is -1.87. The van der Waals surface area contributed by atoms with Crippen LogP contribution in [-0.2, 0) is 0 Å². The van der Waals surface area contributed by atoms with Gasteiger partial charge < -0.3 is 4.98 Å². The topological polar surface area (TPSA) is 64.5 Å². The van der Waals surface area contributed by atoms with Crippen LogP contribution in [0.4, 0.5) is 5.95 Å². The smallest absolute Gasteiger partial charge is 0.214 e. The van der Waals surface area contributed by atoms with Gasteiger partial charge in [0.05, 0.1) is 11.0 Å². The number of imidazole rings is 1. The largest absolute Gasteiger partial charge is 0.323 e. The number of nitriles is 1. The minimum atomic E-state index is 0.492. The van der Waals surface area contributed by atoms with Crippen LogP contribution in [0.1, 0.15) is 5.56 Å². The van der Waals surface area contributed by atoms with Gasteiger partial charge in [-0.3, -0.25) is 5.32 Å². The van der Waals surface area contributed by atoms with Gasteiger partial charge in [0.25, 0.3) is 0 Å². The molecule has 0 saturated carbocycles. The second kappa shape index (κ2) is 2.79. The zero-order chi connectivity index (χ0) is 9.26. The van der Waals surface area contributed by atoms with E-state index in [4.69, 9.17) is 5.26 Å². The maximum atomic E-state index is 8.39. The van der Waals surface area contributed by atoms with Gasteiger partial charge in [-0.2, -0.15) is 5.26 Å². The average Bonchev–Trinajstić information content (AvgIpc) is 2.49. The molecule has 0 bridgehead atoms. The zero-order valence-corrected chi connectivity index (χ0v) is 7.13. The Morgan fingerprint density at radius 1 is 1.54 bits per heavy atom. The average molecular weight is 172 g/mol. The number of anilines is 1. The Balaban J connectivity index is 2.63. The van der Waals surface area contributed by atoms with Gasteiger partial charge in [0.1, 0.15) is 0 Å². The van der Waals surface area contributed by atoms with Crippen molar-refractivity contribution in [2.75, 3.05) is 5.32 Å². The lowest BCUT2D eigenvalue weighted by Gasteiger charge is -1.90. The predicted octanol–water partition coefficient (Wildman–Crippen LogP) is 1.76. The molecule has 64 valence electrons. The fraction of sp³-hybridized carbons (Fsp3) is 0.111. The molecule has 4 heteroatoms. The number of H-pyrrole nitrogens is 1.